The third-order valence-electron chi connectivity index (χ3n) is 4.41. The Morgan fingerprint density at radius 3 is 2.90 bits per heavy atom. The van der Waals surface area contributed by atoms with Crippen LogP contribution in [-0.2, 0) is 17.1 Å². The van der Waals surface area contributed by atoms with E-state index in [1.54, 1.807) is 19.1 Å². The van der Waals surface area contributed by atoms with E-state index in [4.69, 9.17) is 25.5 Å². The molecule has 7 nitrogen and oxygen atoms in total. The van der Waals surface area contributed by atoms with E-state index in [-0.39, 0.29) is 12.6 Å². The lowest BCUT2D eigenvalue weighted by Crippen LogP contribution is -2.07. The highest BCUT2D eigenvalue weighted by Gasteiger charge is 2.30. The highest BCUT2D eigenvalue weighted by Crippen LogP contribution is 2.39. The summed E-state index contributed by atoms with van der Waals surface area (Å²) in [6.45, 7) is 2.38. The molecule has 0 unspecified atom stereocenters. The SMILES string of the molecule is CCOC(=O)c1ccoc1CSc1nnc(COc2ccccc2Cl)n1C1CC1. The molecule has 0 atom stereocenters. The molecule has 1 aliphatic carbocycles. The number of carbonyl (C=O) groups excluding carboxylic acids is 1. The van der Waals surface area contributed by atoms with Crippen molar-refractivity contribution in [2.24, 2.45) is 0 Å². The van der Waals surface area contributed by atoms with Crippen LogP contribution in [0.15, 0.2) is 46.2 Å². The number of benzene rings is 1. The number of ether oxygens (including phenoxy) is 2. The first-order valence-corrected chi connectivity index (χ1v) is 10.7. The summed E-state index contributed by atoms with van der Waals surface area (Å²) in [5, 5.41) is 9.97. The fourth-order valence-electron chi connectivity index (χ4n) is 2.88. The van der Waals surface area contributed by atoms with E-state index in [0.29, 0.717) is 40.5 Å². The Balaban J connectivity index is 1.46. The van der Waals surface area contributed by atoms with Crippen molar-refractivity contribution in [3.05, 3.63) is 58.8 Å². The summed E-state index contributed by atoms with van der Waals surface area (Å²) in [6.07, 6.45) is 3.66. The van der Waals surface area contributed by atoms with Gasteiger partial charge in [-0.05, 0) is 38.0 Å². The van der Waals surface area contributed by atoms with Gasteiger partial charge in [0.15, 0.2) is 11.0 Å². The molecule has 0 amide bonds. The van der Waals surface area contributed by atoms with Gasteiger partial charge in [0.25, 0.3) is 0 Å². The summed E-state index contributed by atoms with van der Waals surface area (Å²) >= 11 is 7.63. The summed E-state index contributed by atoms with van der Waals surface area (Å²) in [7, 11) is 0. The van der Waals surface area contributed by atoms with Crippen LogP contribution < -0.4 is 4.74 Å². The Morgan fingerprint density at radius 1 is 1.31 bits per heavy atom. The number of rotatable bonds is 9. The van der Waals surface area contributed by atoms with Gasteiger partial charge in [0.2, 0.25) is 0 Å². The number of aromatic nitrogens is 3. The van der Waals surface area contributed by atoms with Crippen LogP contribution in [-0.4, -0.2) is 27.3 Å². The van der Waals surface area contributed by atoms with Crippen LogP contribution in [0, 0.1) is 0 Å². The average Bonchev–Trinajstić information content (AvgIpc) is 3.30. The maximum Gasteiger partial charge on any atom is 0.341 e. The van der Waals surface area contributed by atoms with Gasteiger partial charge in [0.05, 0.1) is 23.6 Å². The molecule has 2 heterocycles. The van der Waals surface area contributed by atoms with Gasteiger partial charge in [-0.15, -0.1) is 10.2 Å². The number of thioether (sulfide) groups is 1. The molecule has 0 aliphatic heterocycles. The van der Waals surface area contributed by atoms with Crippen molar-refractivity contribution in [1.29, 1.82) is 0 Å². The molecule has 2 aromatic heterocycles. The van der Waals surface area contributed by atoms with E-state index in [1.807, 2.05) is 18.2 Å². The van der Waals surface area contributed by atoms with E-state index in [9.17, 15) is 4.79 Å². The second kappa shape index (κ2) is 8.92. The monoisotopic (exact) mass is 433 g/mol. The fourth-order valence-corrected chi connectivity index (χ4v) is 4.05. The summed E-state index contributed by atoms with van der Waals surface area (Å²) in [4.78, 5) is 12.0. The zero-order chi connectivity index (χ0) is 20.2. The minimum atomic E-state index is -0.380. The lowest BCUT2D eigenvalue weighted by Gasteiger charge is -2.10. The van der Waals surface area contributed by atoms with Crippen LogP contribution in [0.4, 0.5) is 0 Å². The highest BCUT2D eigenvalue weighted by atomic mass is 35.5. The first kappa shape index (κ1) is 19.8. The maximum absolute atomic E-state index is 12.0. The maximum atomic E-state index is 12.0. The summed E-state index contributed by atoms with van der Waals surface area (Å²) in [5.74, 6) is 2.00. The van der Waals surface area contributed by atoms with Crippen molar-refractivity contribution < 1.29 is 18.7 Å². The second-order valence-corrected chi connectivity index (χ2v) is 7.84. The first-order valence-electron chi connectivity index (χ1n) is 9.34. The van der Waals surface area contributed by atoms with Crippen LogP contribution in [0.1, 0.15) is 47.7 Å². The van der Waals surface area contributed by atoms with Gasteiger partial charge < -0.3 is 13.9 Å². The predicted octanol–water partition coefficient (Wildman–Crippen LogP) is 4.91. The van der Waals surface area contributed by atoms with Crippen molar-refractivity contribution in [1.82, 2.24) is 14.8 Å². The van der Waals surface area contributed by atoms with E-state index in [0.717, 1.165) is 23.8 Å². The third kappa shape index (κ3) is 4.59. The number of hydrogen-bond acceptors (Lipinski definition) is 7. The van der Waals surface area contributed by atoms with Gasteiger partial charge in [-0.25, -0.2) is 4.79 Å². The quantitative estimate of drug-likeness (QED) is 0.350. The lowest BCUT2D eigenvalue weighted by molar-refractivity contribution is 0.0524. The van der Waals surface area contributed by atoms with Crippen molar-refractivity contribution in [3.63, 3.8) is 0 Å². The molecule has 0 bridgehead atoms. The fraction of sp³-hybridized carbons (Fsp3) is 0.350. The number of furan rings is 1. The molecule has 0 saturated heterocycles. The number of para-hydroxylation sites is 1. The predicted molar refractivity (Wildman–Crippen MR) is 108 cm³/mol. The molecule has 0 N–H and O–H groups in total. The Morgan fingerprint density at radius 2 is 2.14 bits per heavy atom. The van der Waals surface area contributed by atoms with Crippen molar-refractivity contribution >= 4 is 29.3 Å². The number of hydrogen-bond donors (Lipinski definition) is 0. The molecule has 1 aliphatic rings. The van der Waals surface area contributed by atoms with Gasteiger partial charge in [-0.2, -0.15) is 0 Å². The number of esters is 1. The van der Waals surface area contributed by atoms with Gasteiger partial charge >= 0.3 is 5.97 Å². The molecule has 3 aromatic rings. The molecular weight excluding hydrogens is 414 g/mol. The zero-order valence-corrected chi connectivity index (χ0v) is 17.4. The van der Waals surface area contributed by atoms with Crippen LogP contribution in [0.25, 0.3) is 0 Å². The van der Waals surface area contributed by atoms with Crippen LogP contribution in [0.2, 0.25) is 5.02 Å². The smallest absolute Gasteiger partial charge is 0.341 e. The number of halogens is 1. The molecule has 9 heteroatoms. The van der Waals surface area contributed by atoms with E-state index >= 15 is 0 Å². The summed E-state index contributed by atoms with van der Waals surface area (Å²) in [5.41, 5.74) is 0.444. The van der Waals surface area contributed by atoms with E-state index in [1.165, 1.54) is 18.0 Å². The molecule has 0 spiro atoms. The van der Waals surface area contributed by atoms with E-state index < -0.39 is 0 Å². The van der Waals surface area contributed by atoms with Gasteiger partial charge in [0, 0.05) is 6.04 Å². The Hall–Kier alpha value is -2.45. The number of carbonyl (C=O) groups is 1. The lowest BCUT2D eigenvalue weighted by atomic mass is 10.3. The normalized spacial score (nSPS) is 13.4. The van der Waals surface area contributed by atoms with Crippen LogP contribution >= 0.6 is 23.4 Å². The van der Waals surface area contributed by atoms with Gasteiger partial charge in [-0.1, -0.05) is 35.5 Å². The minimum absolute atomic E-state index is 0.280. The number of nitrogens with zero attached hydrogens (tertiary/aromatic N) is 3. The van der Waals surface area contributed by atoms with E-state index in [2.05, 4.69) is 14.8 Å². The average molecular weight is 434 g/mol. The van der Waals surface area contributed by atoms with Gasteiger partial charge in [0.1, 0.15) is 23.7 Å². The standard InChI is InChI=1S/C20H20ClN3O4S/c1-2-26-19(25)14-9-10-27-17(14)12-29-20-23-22-18(24(20)13-7-8-13)11-28-16-6-4-3-5-15(16)21/h3-6,9-10,13H,2,7-8,11-12H2,1H3. The Kier molecular flexibility index (Phi) is 6.10. The molecule has 4 rings (SSSR count). The molecule has 1 aromatic carbocycles. The largest absolute Gasteiger partial charge is 0.484 e. The van der Waals surface area contributed by atoms with Crippen LogP contribution in [0.5, 0.6) is 5.75 Å². The molecule has 1 saturated carbocycles. The Bertz CT molecular complexity index is 999. The molecule has 1 fully saturated rings. The Labute approximate surface area is 177 Å². The topological polar surface area (TPSA) is 79.4 Å². The van der Waals surface area contributed by atoms with Crippen molar-refractivity contribution in [2.45, 2.75) is 43.3 Å². The molecule has 0 radical (unpaired) electrons. The second-order valence-electron chi connectivity index (χ2n) is 6.49. The zero-order valence-electron chi connectivity index (χ0n) is 15.8. The van der Waals surface area contributed by atoms with Gasteiger partial charge in [-0.3, -0.25) is 4.57 Å². The summed E-state index contributed by atoms with van der Waals surface area (Å²) < 4.78 is 18.5. The molecule has 152 valence electrons. The third-order valence-corrected chi connectivity index (χ3v) is 5.67. The van der Waals surface area contributed by atoms with Crippen LogP contribution in [0.3, 0.4) is 0 Å². The first-order chi connectivity index (χ1) is 14.2. The molecule has 29 heavy (non-hydrogen) atoms. The highest BCUT2D eigenvalue weighted by molar-refractivity contribution is 7.98. The van der Waals surface area contributed by atoms with Crippen molar-refractivity contribution in [3.8, 4) is 5.75 Å². The van der Waals surface area contributed by atoms with Crippen molar-refractivity contribution in [2.75, 3.05) is 6.61 Å². The molecular formula is C20H20ClN3O4S. The summed E-state index contributed by atoms with van der Waals surface area (Å²) in [6, 6.07) is 9.34. The minimum Gasteiger partial charge on any atom is -0.484 e.